The number of nitrogens with zero attached hydrogens (tertiary/aromatic N) is 3. The second-order valence-corrected chi connectivity index (χ2v) is 5.28. The summed E-state index contributed by atoms with van der Waals surface area (Å²) in [4.78, 5) is 10.5. The molecule has 0 saturated carbocycles. The molecule has 1 aromatic heterocycles. The number of hydrogen-bond acceptors (Lipinski definition) is 3. The van der Waals surface area contributed by atoms with Crippen LogP contribution in [-0.4, -0.2) is 19.5 Å². The molecule has 0 radical (unpaired) electrons. The normalized spacial score (nSPS) is 25.9. The molecule has 76 valence electrons. The number of nitro groups is 1. The van der Waals surface area contributed by atoms with Crippen LogP contribution in [0.25, 0.3) is 0 Å². The maximum Gasteiger partial charge on any atom is 0.390 e. The molecule has 1 aliphatic heterocycles. The highest BCUT2D eigenvalue weighted by atomic mass is 79.9. The lowest BCUT2D eigenvalue weighted by Crippen LogP contribution is -2.21. The van der Waals surface area contributed by atoms with E-state index in [2.05, 4.69) is 37.0 Å². The van der Waals surface area contributed by atoms with E-state index in [0.717, 1.165) is 18.7 Å². The molecule has 2 atom stereocenters. The summed E-state index contributed by atoms with van der Waals surface area (Å²) in [6.45, 7) is 0.723. The van der Waals surface area contributed by atoms with Crippen molar-refractivity contribution in [1.29, 1.82) is 0 Å². The van der Waals surface area contributed by atoms with Crippen LogP contribution in [0.1, 0.15) is 16.9 Å². The molecule has 0 fully saturated rings. The summed E-state index contributed by atoms with van der Waals surface area (Å²) in [6, 6.07) is 1.52. The van der Waals surface area contributed by atoms with Crippen LogP contribution in [0.4, 0.5) is 5.82 Å². The van der Waals surface area contributed by atoms with Crippen molar-refractivity contribution in [2.45, 2.75) is 22.6 Å². The molecule has 5 nitrogen and oxygen atoms in total. The van der Waals surface area contributed by atoms with Crippen LogP contribution in [0, 0.1) is 10.1 Å². The van der Waals surface area contributed by atoms with Gasteiger partial charge < -0.3 is 10.1 Å². The van der Waals surface area contributed by atoms with Gasteiger partial charge in [0, 0.05) is 4.83 Å². The van der Waals surface area contributed by atoms with Gasteiger partial charge in [0.05, 0.1) is 28.2 Å². The van der Waals surface area contributed by atoms with Gasteiger partial charge in [0.1, 0.15) is 0 Å². The van der Waals surface area contributed by atoms with Crippen LogP contribution in [0.2, 0.25) is 0 Å². The molecular formula is C7H7Br2N3O2. The van der Waals surface area contributed by atoms with Crippen molar-refractivity contribution in [3.8, 4) is 0 Å². The Hall–Kier alpha value is -0.430. The molecule has 0 aromatic carbocycles. The van der Waals surface area contributed by atoms with Crippen molar-refractivity contribution in [2.24, 2.45) is 0 Å². The number of alkyl halides is 2. The molecule has 0 saturated heterocycles. The van der Waals surface area contributed by atoms with Crippen LogP contribution in [0.15, 0.2) is 6.07 Å². The number of fused-ring (bicyclic) bond motifs is 1. The zero-order chi connectivity index (χ0) is 10.3. The van der Waals surface area contributed by atoms with Crippen LogP contribution in [-0.2, 0) is 6.54 Å². The van der Waals surface area contributed by atoms with Gasteiger partial charge in [0.25, 0.3) is 0 Å². The van der Waals surface area contributed by atoms with Gasteiger partial charge in [-0.25, -0.2) is 0 Å². The Kier molecular flexibility index (Phi) is 2.61. The van der Waals surface area contributed by atoms with Crippen molar-refractivity contribution < 1.29 is 4.92 Å². The van der Waals surface area contributed by atoms with Gasteiger partial charge >= 0.3 is 5.82 Å². The summed E-state index contributed by atoms with van der Waals surface area (Å²) in [5.41, 5.74) is 0.866. The number of rotatable bonds is 1. The van der Waals surface area contributed by atoms with E-state index in [1.165, 1.54) is 6.07 Å². The maximum atomic E-state index is 10.5. The lowest BCUT2D eigenvalue weighted by atomic mass is 10.1. The van der Waals surface area contributed by atoms with Gasteiger partial charge in [-0.1, -0.05) is 31.9 Å². The van der Waals surface area contributed by atoms with Gasteiger partial charge in [-0.05, 0) is 11.3 Å². The summed E-state index contributed by atoms with van der Waals surface area (Å²) in [5.74, 6) is -0.0777. The Balaban J connectivity index is 2.41. The molecule has 7 heteroatoms. The molecule has 1 aliphatic rings. The minimum Gasteiger partial charge on any atom is -0.358 e. The zero-order valence-corrected chi connectivity index (χ0v) is 10.2. The lowest BCUT2D eigenvalue weighted by molar-refractivity contribution is -0.389. The third-order valence-corrected chi connectivity index (χ3v) is 5.01. The van der Waals surface area contributed by atoms with Crippen LogP contribution >= 0.6 is 31.9 Å². The summed E-state index contributed by atoms with van der Waals surface area (Å²) < 4.78 is 1.69. The highest BCUT2D eigenvalue weighted by Gasteiger charge is 2.31. The topological polar surface area (TPSA) is 61.0 Å². The molecule has 0 aliphatic carbocycles. The Morgan fingerprint density at radius 1 is 1.64 bits per heavy atom. The van der Waals surface area contributed by atoms with Gasteiger partial charge in [0.2, 0.25) is 0 Å². The van der Waals surface area contributed by atoms with E-state index in [1.807, 2.05) is 0 Å². The van der Waals surface area contributed by atoms with Crippen molar-refractivity contribution in [2.75, 3.05) is 0 Å². The molecular weight excluding hydrogens is 318 g/mol. The second-order valence-electron chi connectivity index (χ2n) is 3.11. The number of aryl methyl sites for hydroxylation is 1. The lowest BCUT2D eigenvalue weighted by Gasteiger charge is -2.21. The molecule has 0 N–H and O–H groups in total. The first-order chi connectivity index (χ1) is 6.59. The van der Waals surface area contributed by atoms with E-state index in [-0.39, 0.29) is 10.6 Å². The molecule has 0 spiro atoms. The summed E-state index contributed by atoms with van der Waals surface area (Å²) in [7, 11) is 0. The van der Waals surface area contributed by atoms with Gasteiger partial charge in [0.15, 0.2) is 0 Å². The fraction of sp³-hybridized carbons (Fsp3) is 0.571. The first-order valence-electron chi connectivity index (χ1n) is 4.10. The average molecular weight is 325 g/mol. The van der Waals surface area contributed by atoms with E-state index in [1.54, 1.807) is 4.68 Å². The van der Waals surface area contributed by atoms with E-state index in [0.29, 0.717) is 4.83 Å². The first kappa shape index (κ1) is 10.1. The second kappa shape index (κ2) is 3.62. The smallest absolute Gasteiger partial charge is 0.358 e. The third-order valence-electron chi connectivity index (χ3n) is 2.20. The predicted octanol–water partition coefficient (Wildman–Crippen LogP) is 2.39. The monoisotopic (exact) mass is 323 g/mol. The number of halogens is 2. The summed E-state index contributed by atoms with van der Waals surface area (Å²) in [6.07, 6.45) is 0.918. The van der Waals surface area contributed by atoms with Crippen molar-refractivity contribution in [1.82, 2.24) is 9.78 Å². The van der Waals surface area contributed by atoms with Gasteiger partial charge in [-0.2, -0.15) is 4.68 Å². The van der Waals surface area contributed by atoms with E-state index >= 15 is 0 Å². The molecule has 14 heavy (non-hydrogen) atoms. The predicted molar refractivity (Wildman–Crippen MR) is 57.9 cm³/mol. The highest BCUT2D eigenvalue weighted by molar-refractivity contribution is 9.12. The molecule has 2 rings (SSSR count). The maximum absolute atomic E-state index is 10.5. The fourth-order valence-corrected chi connectivity index (χ4v) is 2.59. The molecule has 0 bridgehead atoms. The SMILES string of the molecule is O=[N+]([O-])c1cc2n(n1)CC[C@H](Br)[C@H]2Br. The Morgan fingerprint density at radius 3 is 3.00 bits per heavy atom. The standard InChI is InChI=1S/C7H7Br2N3O2/c8-4-1-2-11-5(7(4)9)3-6(10-11)12(13)14/h3-4,7H,1-2H2/t4-,7+/m0/s1. The van der Waals surface area contributed by atoms with E-state index in [9.17, 15) is 10.1 Å². The zero-order valence-electron chi connectivity index (χ0n) is 7.06. The number of hydrogen-bond donors (Lipinski definition) is 0. The Bertz CT molecular complexity index is 379. The van der Waals surface area contributed by atoms with E-state index < -0.39 is 4.92 Å². The quantitative estimate of drug-likeness (QED) is 0.453. The van der Waals surface area contributed by atoms with Crippen LogP contribution in [0.3, 0.4) is 0 Å². The third kappa shape index (κ3) is 1.58. The molecule has 0 unspecified atom stereocenters. The first-order valence-corrected chi connectivity index (χ1v) is 5.93. The largest absolute Gasteiger partial charge is 0.390 e. The molecule has 0 amide bonds. The number of aromatic nitrogens is 2. The summed E-state index contributed by atoms with van der Waals surface area (Å²) >= 11 is 7.00. The van der Waals surface area contributed by atoms with Crippen LogP contribution in [0.5, 0.6) is 0 Å². The van der Waals surface area contributed by atoms with Crippen molar-refractivity contribution in [3.05, 3.63) is 21.9 Å². The average Bonchev–Trinajstić information content (AvgIpc) is 2.56. The fourth-order valence-electron chi connectivity index (χ4n) is 1.48. The van der Waals surface area contributed by atoms with Crippen molar-refractivity contribution >= 4 is 37.7 Å². The van der Waals surface area contributed by atoms with Crippen molar-refractivity contribution in [3.63, 3.8) is 0 Å². The minimum absolute atomic E-state index is 0.0777. The van der Waals surface area contributed by atoms with Gasteiger partial charge in [-0.15, -0.1) is 0 Å². The van der Waals surface area contributed by atoms with Crippen LogP contribution < -0.4 is 0 Å². The highest BCUT2D eigenvalue weighted by Crippen LogP contribution is 2.38. The minimum atomic E-state index is -0.464. The summed E-state index contributed by atoms with van der Waals surface area (Å²) in [5, 5.41) is 14.4. The Labute approximate surface area is 96.9 Å². The Morgan fingerprint density at radius 2 is 2.36 bits per heavy atom. The van der Waals surface area contributed by atoms with Gasteiger partial charge in [-0.3, -0.25) is 0 Å². The van der Waals surface area contributed by atoms with E-state index in [4.69, 9.17) is 0 Å². The molecule has 2 heterocycles. The molecule has 1 aromatic rings.